The van der Waals surface area contributed by atoms with Gasteiger partial charge < -0.3 is 6.92 Å². The maximum Gasteiger partial charge on any atom is -0.0611 e. The van der Waals surface area contributed by atoms with E-state index in [0.717, 1.165) is 0 Å². The van der Waals surface area contributed by atoms with Gasteiger partial charge in [0.2, 0.25) is 0 Å². The van der Waals surface area contributed by atoms with E-state index in [1.54, 1.807) is 0 Å². The Morgan fingerprint density at radius 2 is 0.905 bits per heavy atom. The molecule has 42 heavy (non-hydrogen) atoms. The molecule has 3 heteroatoms. The van der Waals surface area contributed by atoms with Crippen molar-refractivity contribution in [1.29, 1.82) is 0 Å². The van der Waals surface area contributed by atoms with Gasteiger partial charge in [-0.15, -0.1) is 5.41 Å². The van der Waals surface area contributed by atoms with E-state index in [1.165, 1.54) is 39.2 Å². The Labute approximate surface area is 265 Å². The van der Waals surface area contributed by atoms with Crippen molar-refractivity contribution in [3.63, 3.8) is 0 Å². The van der Waals surface area contributed by atoms with Gasteiger partial charge in [-0.1, -0.05) is 49.7 Å². The van der Waals surface area contributed by atoms with Crippen LogP contribution in [-0.4, -0.2) is 0 Å². The Balaban J connectivity index is 0.000000332. The first-order chi connectivity index (χ1) is 19.8. The zero-order chi connectivity index (χ0) is 31.3. The molecule has 0 aliphatic heterocycles. The maximum absolute atomic E-state index is 5.11. The molecule has 0 spiro atoms. The summed E-state index contributed by atoms with van der Waals surface area (Å²) in [6.07, 6.45) is 0. The van der Waals surface area contributed by atoms with Gasteiger partial charge in [0.05, 0.1) is 0 Å². The topological polar surface area (TPSA) is 24.7 Å². The van der Waals surface area contributed by atoms with E-state index in [4.69, 9.17) is 6.99 Å². The summed E-state index contributed by atoms with van der Waals surface area (Å²) in [5, 5.41) is 0. The van der Waals surface area contributed by atoms with Crippen LogP contribution in [0.4, 0.5) is 11.4 Å². The van der Waals surface area contributed by atoms with Crippen molar-refractivity contribution in [2.24, 2.45) is 6.99 Å². The first-order valence-electron chi connectivity index (χ1n) is 15.3. The average molecular weight is 645 g/mol. The van der Waals surface area contributed by atoms with Crippen LogP contribution in [0, 0.1) is 6.92 Å². The van der Waals surface area contributed by atoms with Crippen molar-refractivity contribution in [2.45, 2.75) is 98.3 Å². The summed E-state index contributed by atoms with van der Waals surface area (Å²) in [4.78, 5) is 0. The molecule has 0 aliphatic carbocycles. The number of benzene rings is 3. The molecule has 4 rings (SSSR count). The predicted octanol–water partition coefficient (Wildman–Crippen LogP) is 12.8. The van der Waals surface area contributed by atoms with Crippen molar-refractivity contribution in [2.75, 3.05) is 0 Å². The Hall–Kier alpha value is -2.70. The first kappa shape index (κ1) is 35.5. The normalized spacial score (nSPS) is 11.1. The van der Waals surface area contributed by atoms with Crippen molar-refractivity contribution in [1.82, 2.24) is 0 Å². The van der Waals surface area contributed by atoms with Crippen LogP contribution in [0.15, 0.2) is 104 Å². The molecule has 226 valence electrons. The molecule has 4 aromatic carbocycles. The van der Waals surface area contributed by atoms with Gasteiger partial charge in [-0.3, -0.25) is 0 Å². The van der Waals surface area contributed by atoms with E-state index in [0.29, 0.717) is 23.7 Å². The molecular formula is C39H52MoN2-2. The first-order valence-corrected chi connectivity index (χ1v) is 17.0. The van der Waals surface area contributed by atoms with Gasteiger partial charge in [-0.2, -0.15) is 18.2 Å². The third-order valence-electron chi connectivity index (χ3n) is 7.06. The van der Waals surface area contributed by atoms with Crippen LogP contribution in [0.25, 0.3) is 0 Å². The van der Waals surface area contributed by atoms with Crippen molar-refractivity contribution >= 4 is 11.4 Å². The molecule has 0 bridgehead atoms. The third-order valence-corrected chi connectivity index (χ3v) is 8.36. The second-order valence-corrected chi connectivity index (χ2v) is 14.0. The van der Waals surface area contributed by atoms with Gasteiger partial charge in [0, 0.05) is 0 Å². The molecule has 0 heterocycles. The van der Waals surface area contributed by atoms with Crippen molar-refractivity contribution in [3.8, 4) is 0 Å². The summed E-state index contributed by atoms with van der Waals surface area (Å²) in [5.41, 5.74) is 9.12. The summed E-state index contributed by atoms with van der Waals surface area (Å²) in [7, 11) is 0. The quantitative estimate of drug-likeness (QED) is 0.141. The van der Waals surface area contributed by atoms with Crippen LogP contribution in [0.5, 0.6) is 0 Å². The van der Waals surface area contributed by atoms with Gasteiger partial charge in [0.15, 0.2) is 0 Å². The van der Waals surface area contributed by atoms with E-state index in [-0.39, 0.29) is 5.41 Å². The fourth-order valence-corrected chi connectivity index (χ4v) is 6.08. The summed E-state index contributed by atoms with van der Waals surface area (Å²) in [5.74, 6) is 1.90. The van der Waals surface area contributed by atoms with E-state index in [9.17, 15) is 0 Å². The molecule has 0 N–H and O–H groups in total. The molecule has 0 radical (unpaired) electrons. The zero-order valence-electron chi connectivity index (χ0n) is 27.6. The molecular weight excluding hydrogens is 592 g/mol. The molecule has 4 aromatic rings. The van der Waals surface area contributed by atoms with Crippen LogP contribution >= 0.6 is 0 Å². The summed E-state index contributed by atoms with van der Waals surface area (Å²) >= 11 is -0.857. The number of nitrogens with zero attached hydrogens (tertiary/aromatic N) is 2. The van der Waals surface area contributed by atoms with E-state index < -0.39 is 18.2 Å². The number of rotatable bonds is 7. The average Bonchev–Trinajstić information content (AvgIpc) is 3.53. The summed E-state index contributed by atoms with van der Waals surface area (Å²) in [6.45, 7) is 26.3. The second kappa shape index (κ2) is 17.4. The Kier molecular flexibility index (Phi) is 14.7. The molecule has 0 fully saturated rings. The number of hydrogen-bond acceptors (Lipinski definition) is 2. The van der Waals surface area contributed by atoms with E-state index >= 15 is 0 Å². The van der Waals surface area contributed by atoms with Crippen LogP contribution in [-0.2, 0) is 23.6 Å². The molecule has 0 amide bonds. The van der Waals surface area contributed by atoms with Gasteiger partial charge >= 0.3 is 174 Å². The second-order valence-electron chi connectivity index (χ2n) is 12.7. The third kappa shape index (κ3) is 11.2. The fraction of sp³-hybridized carbons (Fsp3) is 0.385. The van der Waals surface area contributed by atoms with Gasteiger partial charge in [-0.05, 0) is 0 Å². The summed E-state index contributed by atoms with van der Waals surface area (Å²) in [6, 6.07) is 33.6. The standard InChI is InChI=1S/2C12H17N.C10H13.C5H5.Mo/c2*1-8(2)10-6-5-7-11(9(3)4)12(10)13;1-10(2,3)9-7-5-4-6-8-9;1-2-4-5-3-1;/h2*5-9H,1-4H3;4-8H,1H2,2-3H3;1-5H;/q;;2*-1;. The Morgan fingerprint density at radius 3 is 1.14 bits per heavy atom. The van der Waals surface area contributed by atoms with Gasteiger partial charge in [-0.25, -0.2) is 12.1 Å². The van der Waals surface area contributed by atoms with E-state index in [2.05, 4.69) is 125 Å². The molecule has 0 saturated carbocycles. The van der Waals surface area contributed by atoms with Crippen LogP contribution < -0.4 is 0 Å². The van der Waals surface area contributed by atoms with Crippen LogP contribution in [0.1, 0.15) is 121 Å². The minimum Gasteiger partial charge on any atom is -0.333 e. The Morgan fingerprint density at radius 1 is 0.548 bits per heavy atom. The minimum absolute atomic E-state index is 0.0429. The maximum atomic E-state index is 5.11. The molecule has 0 aliphatic rings. The minimum atomic E-state index is -0.857. The van der Waals surface area contributed by atoms with Gasteiger partial charge in [0.25, 0.3) is 0 Å². The van der Waals surface area contributed by atoms with Crippen molar-refractivity contribution < 1.29 is 18.2 Å². The zero-order valence-corrected chi connectivity index (χ0v) is 29.6. The Bertz CT molecular complexity index is 1250. The molecule has 0 unspecified atom stereocenters. The monoisotopic (exact) mass is 646 g/mol. The van der Waals surface area contributed by atoms with Crippen LogP contribution in [0.3, 0.4) is 0 Å². The molecule has 0 atom stereocenters. The molecule has 2 nitrogen and oxygen atoms in total. The molecule has 0 saturated heterocycles. The SMILES string of the molecule is CC(C)c1cccc(C(C)C)c1[N]=[Mo]=[N]c1c(C(C)C)cccc1C(C)C.[CH2-]C(C)(C)c1ccccc1.c1cc[cH-]c1. The molecule has 0 aromatic heterocycles. The van der Waals surface area contributed by atoms with Crippen LogP contribution in [0.2, 0.25) is 0 Å². The smallest absolute Gasteiger partial charge is 0.0611 e. The van der Waals surface area contributed by atoms with Crippen molar-refractivity contribution in [3.05, 3.63) is 132 Å². The van der Waals surface area contributed by atoms with Gasteiger partial charge in [0.1, 0.15) is 0 Å². The fourth-order valence-electron chi connectivity index (χ4n) is 4.55. The summed E-state index contributed by atoms with van der Waals surface area (Å²) < 4.78 is 10.2. The number of hydrogen-bond donors (Lipinski definition) is 0. The van der Waals surface area contributed by atoms with E-state index in [1.807, 2.05) is 48.5 Å². The largest absolute Gasteiger partial charge is 0.333 e. The predicted molar refractivity (Wildman–Crippen MR) is 180 cm³/mol.